The number of benzene rings is 1. The van der Waals surface area contributed by atoms with Crippen molar-refractivity contribution in [3.63, 3.8) is 0 Å². The molecule has 0 saturated carbocycles. The van der Waals surface area contributed by atoms with Gasteiger partial charge in [0.15, 0.2) is 0 Å². The number of carbonyl (C=O) groups excluding carboxylic acids is 1. The van der Waals surface area contributed by atoms with Crippen LogP contribution < -0.4 is 21.3 Å². The van der Waals surface area contributed by atoms with Gasteiger partial charge in [0.1, 0.15) is 18.2 Å². The summed E-state index contributed by atoms with van der Waals surface area (Å²) in [6, 6.07) is 7.20. The lowest BCUT2D eigenvalue weighted by Gasteiger charge is -2.28. The van der Waals surface area contributed by atoms with E-state index in [1.165, 1.54) is 18.7 Å². The molecule has 1 atom stereocenters. The molecule has 8 nitrogen and oxygen atoms in total. The highest BCUT2D eigenvalue weighted by molar-refractivity contribution is 5.97. The first-order valence-electron chi connectivity index (χ1n) is 8.05. The van der Waals surface area contributed by atoms with Crippen molar-refractivity contribution in [3.8, 4) is 5.75 Å². The molecule has 4 rings (SSSR count). The molecule has 1 aromatic carbocycles. The van der Waals surface area contributed by atoms with Crippen molar-refractivity contribution >= 4 is 11.8 Å². The van der Waals surface area contributed by atoms with Gasteiger partial charge in [0.25, 0.3) is 5.56 Å². The molecule has 0 spiro atoms. The standard InChI is InChI=1S/C18H17N3O5/c1-20-15-14(16(22)21(2)18(20)24)12(9-6-4-5-7-11(9)25-3)13-10(19-15)8-26-17(13)23/h4-7,12,19H,8H2,1-3H3. The maximum Gasteiger partial charge on any atom is 0.337 e. The van der Waals surface area contributed by atoms with Crippen LogP contribution in [0.5, 0.6) is 5.75 Å². The van der Waals surface area contributed by atoms with E-state index in [-0.39, 0.29) is 6.61 Å². The molecule has 3 heterocycles. The van der Waals surface area contributed by atoms with Gasteiger partial charge in [-0.05, 0) is 6.07 Å². The number of esters is 1. The van der Waals surface area contributed by atoms with E-state index < -0.39 is 23.1 Å². The average molecular weight is 355 g/mol. The highest BCUT2D eigenvalue weighted by atomic mass is 16.5. The van der Waals surface area contributed by atoms with Crippen molar-refractivity contribution in [2.45, 2.75) is 5.92 Å². The smallest absolute Gasteiger partial charge is 0.337 e. The Bertz CT molecular complexity index is 1090. The van der Waals surface area contributed by atoms with Crippen molar-refractivity contribution in [1.82, 2.24) is 9.13 Å². The normalized spacial score (nSPS) is 18.1. The van der Waals surface area contributed by atoms with Gasteiger partial charge in [-0.3, -0.25) is 13.9 Å². The third-order valence-electron chi connectivity index (χ3n) is 4.89. The van der Waals surface area contributed by atoms with Crippen molar-refractivity contribution in [3.05, 3.63) is 67.5 Å². The van der Waals surface area contributed by atoms with Crippen LogP contribution in [-0.4, -0.2) is 28.8 Å². The number of nitrogens with one attached hydrogen (secondary N) is 1. The Balaban J connectivity index is 2.11. The number of para-hydroxylation sites is 1. The molecule has 8 heteroatoms. The zero-order valence-corrected chi connectivity index (χ0v) is 14.5. The minimum atomic E-state index is -0.683. The van der Waals surface area contributed by atoms with E-state index in [2.05, 4.69) is 5.32 Å². The first kappa shape index (κ1) is 16.2. The number of carbonyl (C=O) groups is 1. The summed E-state index contributed by atoms with van der Waals surface area (Å²) in [5.41, 5.74) is 1.00. The molecule has 1 N–H and O–H groups in total. The maximum atomic E-state index is 13.0. The van der Waals surface area contributed by atoms with Crippen LogP contribution in [0.15, 0.2) is 45.1 Å². The fourth-order valence-corrected chi connectivity index (χ4v) is 3.60. The number of nitrogens with zero attached hydrogens (tertiary/aromatic N) is 2. The zero-order chi connectivity index (χ0) is 18.6. The number of rotatable bonds is 2. The quantitative estimate of drug-likeness (QED) is 0.787. The van der Waals surface area contributed by atoms with Crippen molar-refractivity contribution in [1.29, 1.82) is 0 Å². The molecule has 0 aliphatic carbocycles. The van der Waals surface area contributed by atoms with E-state index in [4.69, 9.17) is 9.47 Å². The molecule has 2 aliphatic rings. The van der Waals surface area contributed by atoms with Gasteiger partial charge < -0.3 is 14.8 Å². The van der Waals surface area contributed by atoms with Crippen LogP contribution in [0.3, 0.4) is 0 Å². The summed E-state index contributed by atoms with van der Waals surface area (Å²) in [5.74, 6) is -0.248. The van der Waals surface area contributed by atoms with E-state index >= 15 is 0 Å². The Labute approximate surface area is 148 Å². The van der Waals surface area contributed by atoms with Crippen LogP contribution in [0, 0.1) is 0 Å². The lowest BCUT2D eigenvalue weighted by atomic mass is 9.82. The van der Waals surface area contributed by atoms with Gasteiger partial charge in [-0.1, -0.05) is 18.2 Å². The highest BCUT2D eigenvalue weighted by Crippen LogP contribution is 2.44. The molecule has 0 saturated heterocycles. The molecule has 0 fully saturated rings. The first-order valence-corrected chi connectivity index (χ1v) is 8.05. The summed E-state index contributed by atoms with van der Waals surface area (Å²) < 4.78 is 13.0. The van der Waals surface area contributed by atoms with Crippen LogP contribution in [0.1, 0.15) is 17.0 Å². The molecule has 26 heavy (non-hydrogen) atoms. The number of anilines is 1. The van der Waals surface area contributed by atoms with Gasteiger partial charge in [0.05, 0.1) is 29.9 Å². The van der Waals surface area contributed by atoms with Crippen molar-refractivity contribution in [2.24, 2.45) is 14.1 Å². The number of cyclic esters (lactones) is 1. The minimum Gasteiger partial charge on any atom is -0.496 e. The molecule has 134 valence electrons. The number of aromatic nitrogens is 2. The van der Waals surface area contributed by atoms with Gasteiger partial charge >= 0.3 is 11.7 Å². The van der Waals surface area contributed by atoms with Crippen LogP contribution in [0.2, 0.25) is 0 Å². The van der Waals surface area contributed by atoms with Crippen molar-refractivity contribution in [2.75, 3.05) is 19.0 Å². The van der Waals surface area contributed by atoms with E-state index in [9.17, 15) is 14.4 Å². The topological polar surface area (TPSA) is 91.6 Å². The Morgan fingerprint density at radius 2 is 1.88 bits per heavy atom. The molecule has 1 unspecified atom stereocenters. The average Bonchev–Trinajstić information content (AvgIpc) is 3.03. The molecular weight excluding hydrogens is 338 g/mol. The largest absolute Gasteiger partial charge is 0.496 e. The summed E-state index contributed by atoms with van der Waals surface area (Å²) >= 11 is 0. The minimum absolute atomic E-state index is 0.0721. The van der Waals surface area contributed by atoms with Gasteiger partial charge in [-0.25, -0.2) is 9.59 Å². The van der Waals surface area contributed by atoms with E-state index in [0.29, 0.717) is 34.0 Å². The first-order chi connectivity index (χ1) is 12.5. The van der Waals surface area contributed by atoms with Crippen LogP contribution in [0.25, 0.3) is 0 Å². The lowest BCUT2D eigenvalue weighted by molar-refractivity contribution is -0.136. The van der Waals surface area contributed by atoms with Gasteiger partial charge in [0.2, 0.25) is 0 Å². The fourth-order valence-electron chi connectivity index (χ4n) is 3.60. The molecule has 0 radical (unpaired) electrons. The molecular formula is C18H17N3O5. The Kier molecular flexibility index (Phi) is 3.50. The monoisotopic (exact) mass is 355 g/mol. The lowest BCUT2D eigenvalue weighted by Crippen LogP contribution is -2.43. The third-order valence-corrected chi connectivity index (χ3v) is 4.89. The van der Waals surface area contributed by atoms with Gasteiger partial charge in [-0.15, -0.1) is 0 Å². The summed E-state index contributed by atoms with van der Waals surface area (Å²) in [5, 5.41) is 3.05. The molecule has 0 bridgehead atoms. The number of hydrogen-bond donors (Lipinski definition) is 1. The second-order valence-corrected chi connectivity index (χ2v) is 6.24. The SMILES string of the molecule is COc1ccccc1C1C2=C(COC2=O)Nc2c1c(=O)n(C)c(=O)n2C. The number of methoxy groups -OCH3 is 1. The van der Waals surface area contributed by atoms with Crippen LogP contribution >= 0.6 is 0 Å². The Morgan fingerprint density at radius 1 is 1.15 bits per heavy atom. The van der Waals surface area contributed by atoms with E-state index in [0.717, 1.165) is 4.57 Å². The second-order valence-electron chi connectivity index (χ2n) is 6.24. The molecule has 2 aromatic rings. The number of ether oxygens (including phenoxy) is 2. The van der Waals surface area contributed by atoms with Crippen LogP contribution in [0.4, 0.5) is 5.82 Å². The van der Waals surface area contributed by atoms with Gasteiger partial charge in [-0.2, -0.15) is 0 Å². The summed E-state index contributed by atoms with van der Waals surface area (Å²) in [7, 11) is 4.53. The van der Waals surface area contributed by atoms with E-state index in [1.807, 2.05) is 12.1 Å². The van der Waals surface area contributed by atoms with E-state index in [1.54, 1.807) is 19.2 Å². The maximum absolute atomic E-state index is 13.0. The zero-order valence-electron chi connectivity index (χ0n) is 14.5. The molecule has 2 aliphatic heterocycles. The highest BCUT2D eigenvalue weighted by Gasteiger charge is 2.42. The number of hydrogen-bond acceptors (Lipinski definition) is 6. The fraction of sp³-hybridized carbons (Fsp3) is 0.278. The summed E-state index contributed by atoms with van der Waals surface area (Å²) in [4.78, 5) is 37.7. The van der Waals surface area contributed by atoms with Crippen LogP contribution in [-0.2, 0) is 23.6 Å². The van der Waals surface area contributed by atoms with Gasteiger partial charge in [0, 0.05) is 19.7 Å². The summed E-state index contributed by atoms with van der Waals surface area (Å²) in [6.45, 7) is 0.0721. The molecule has 1 aromatic heterocycles. The Morgan fingerprint density at radius 3 is 2.62 bits per heavy atom. The van der Waals surface area contributed by atoms with Crippen molar-refractivity contribution < 1.29 is 14.3 Å². The summed E-state index contributed by atoms with van der Waals surface area (Å²) in [6.07, 6.45) is 0. The third kappa shape index (κ3) is 2.05. The number of fused-ring (bicyclic) bond motifs is 1. The second kappa shape index (κ2) is 5.62. The predicted molar refractivity (Wildman–Crippen MR) is 93.4 cm³/mol. The predicted octanol–water partition coefficient (Wildman–Crippen LogP) is 0.461. The molecule has 0 amide bonds. The Hall–Kier alpha value is -3.29.